The number of aryl methyl sites for hydroxylation is 1. The van der Waals surface area contributed by atoms with Crippen LogP contribution < -0.4 is 10.2 Å². The SMILES string of the molecule is Cc1cc(S(=O)(=O)NC(C(=O)NOC(C)(C)C)C(C)C)ccc1F. The van der Waals surface area contributed by atoms with Crippen LogP contribution in [0, 0.1) is 18.7 Å². The number of hydrogen-bond acceptors (Lipinski definition) is 4. The van der Waals surface area contributed by atoms with Crippen LogP contribution in [0.3, 0.4) is 0 Å². The van der Waals surface area contributed by atoms with E-state index in [1.165, 1.54) is 13.0 Å². The average molecular weight is 360 g/mol. The lowest BCUT2D eigenvalue weighted by Crippen LogP contribution is -2.50. The van der Waals surface area contributed by atoms with Crippen molar-refractivity contribution in [3.05, 3.63) is 29.6 Å². The molecular weight excluding hydrogens is 335 g/mol. The van der Waals surface area contributed by atoms with Gasteiger partial charge in [-0.15, -0.1) is 0 Å². The van der Waals surface area contributed by atoms with Gasteiger partial charge in [0.25, 0.3) is 5.91 Å². The highest BCUT2D eigenvalue weighted by Gasteiger charge is 2.29. The first-order valence-electron chi connectivity index (χ1n) is 7.60. The summed E-state index contributed by atoms with van der Waals surface area (Å²) in [5.41, 5.74) is 1.87. The van der Waals surface area contributed by atoms with Gasteiger partial charge in [0.2, 0.25) is 10.0 Å². The van der Waals surface area contributed by atoms with E-state index in [4.69, 9.17) is 4.84 Å². The molecular formula is C16H25FN2O4S. The maximum Gasteiger partial charge on any atom is 0.261 e. The zero-order valence-corrected chi connectivity index (χ0v) is 15.6. The minimum Gasteiger partial charge on any atom is -0.271 e. The molecule has 0 spiro atoms. The lowest BCUT2D eigenvalue weighted by atomic mass is 10.1. The van der Waals surface area contributed by atoms with Crippen LogP contribution >= 0.6 is 0 Å². The van der Waals surface area contributed by atoms with Crippen molar-refractivity contribution in [2.24, 2.45) is 5.92 Å². The number of amides is 1. The molecule has 1 amide bonds. The quantitative estimate of drug-likeness (QED) is 0.762. The van der Waals surface area contributed by atoms with E-state index in [2.05, 4.69) is 10.2 Å². The first kappa shape index (κ1) is 20.5. The smallest absolute Gasteiger partial charge is 0.261 e. The second-order valence-corrected chi connectivity index (χ2v) is 8.65. The second-order valence-electron chi connectivity index (χ2n) is 6.93. The average Bonchev–Trinajstić information content (AvgIpc) is 2.44. The number of hydroxylamine groups is 1. The maximum absolute atomic E-state index is 13.3. The molecule has 0 saturated heterocycles. The summed E-state index contributed by atoms with van der Waals surface area (Å²) in [6.45, 7) is 10.1. The molecule has 1 rings (SSSR count). The fraction of sp³-hybridized carbons (Fsp3) is 0.562. The van der Waals surface area contributed by atoms with Gasteiger partial charge in [0.05, 0.1) is 10.5 Å². The lowest BCUT2D eigenvalue weighted by Gasteiger charge is -2.24. The minimum atomic E-state index is -3.98. The molecule has 0 radical (unpaired) electrons. The Kier molecular flexibility index (Phi) is 6.49. The van der Waals surface area contributed by atoms with Crippen molar-refractivity contribution in [3.63, 3.8) is 0 Å². The summed E-state index contributed by atoms with van der Waals surface area (Å²) in [4.78, 5) is 17.3. The van der Waals surface area contributed by atoms with E-state index in [1.54, 1.807) is 34.6 Å². The Bertz CT molecular complexity index is 697. The molecule has 1 unspecified atom stereocenters. The fourth-order valence-electron chi connectivity index (χ4n) is 1.78. The van der Waals surface area contributed by atoms with Crippen LogP contribution in [0.2, 0.25) is 0 Å². The van der Waals surface area contributed by atoms with Gasteiger partial charge in [-0.3, -0.25) is 9.63 Å². The molecule has 0 aliphatic rings. The van der Waals surface area contributed by atoms with E-state index in [1.807, 2.05) is 0 Å². The molecule has 8 heteroatoms. The lowest BCUT2D eigenvalue weighted by molar-refractivity contribution is -0.148. The van der Waals surface area contributed by atoms with Gasteiger partial charge in [-0.05, 0) is 57.4 Å². The molecule has 0 saturated carbocycles. The Labute approximate surface area is 142 Å². The van der Waals surface area contributed by atoms with Gasteiger partial charge in [0.1, 0.15) is 11.9 Å². The van der Waals surface area contributed by atoms with Crippen molar-refractivity contribution in [2.75, 3.05) is 0 Å². The molecule has 24 heavy (non-hydrogen) atoms. The largest absolute Gasteiger partial charge is 0.271 e. The molecule has 136 valence electrons. The molecule has 2 N–H and O–H groups in total. The van der Waals surface area contributed by atoms with E-state index >= 15 is 0 Å². The second kappa shape index (κ2) is 7.58. The first-order valence-corrected chi connectivity index (χ1v) is 9.08. The molecule has 0 aromatic heterocycles. The summed E-state index contributed by atoms with van der Waals surface area (Å²) in [7, 11) is -3.98. The number of rotatable bonds is 6. The molecule has 6 nitrogen and oxygen atoms in total. The number of hydrogen-bond donors (Lipinski definition) is 2. The molecule has 0 aliphatic carbocycles. The van der Waals surface area contributed by atoms with Crippen molar-refractivity contribution in [1.29, 1.82) is 0 Å². The minimum absolute atomic E-state index is 0.100. The van der Waals surface area contributed by atoms with Gasteiger partial charge >= 0.3 is 0 Å². The third kappa shape index (κ3) is 5.85. The summed E-state index contributed by atoms with van der Waals surface area (Å²) in [6.07, 6.45) is 0. The molecule has 1 aromatic rings. The van der Waals surface area contributed by atoms with E-state index in [0.717, 1.165) is 12.1 Å². The topological polar surface area (TPSA) is 84.5 Å². The van der Waals surface area contributed by atoms with Crippen LogP contribution in [0.15, 0.2) is 23.1 Å². The highest BCUT2D eigenvalue weighted by Crippen LogP contribution is 2.16. The first-order chi connectivity index (χ1) is 10.8. The Hall–Kier alpha value is -1.51. The predicted molar refractivity (Wildman–Crippen MR) is 89.1 cm³/mol. The van der Waals surface area contributed by atoms with Crippen LogP contribution in [0.1, 0.15) is 40.2 Å². The standard InChI is InChI=1S/C16H25FN2O4S/c1-10(2)14(15(20)18-23-16(4,5)6)19-24(21,22)12-7-8-13(17)11(3)9-12/h7-10,14,19H,1-6H3,(H,18,20). The molecule has 1 atom stereocenters. The zero-order chi connectivity index (χ0) is 18.7. The summed E-state index contributed by atoms with van der Waals surface area (Å²) >= 11 is 0. The van der Waals surface area contributed by atoms with Gasteiger partial charge in [-0.2, -0.15) is 4.72 Å². The van der Waals surface area contributed by atoms with Crippen molar-refractivity contribution >= 4 is 15.9 Å². The third-order valence-corrected chi connectivity index (χ3v) is 4.57. The van der Waals surface area contributed by atoms with Crippen LogP contribution in [-0.4, -0.2) is 26.0 Å². The number of nitrogens with one attached hydrogen (secondary N) is 2. The number of carbonyl (C=O) groups is 1. The highest BCUT2D eigenvalue weighted by molar-refractivity contribution is 7.89. The number of benzene rings is 1. The van der Waals surface area contributed by atoms with E-state index in [9.17, 15) is 17.6 Å². The summed E-state index contributed by atoms with van der Waals surface area (Å²) in [6, 6.07) is 2.43. The Morgan fingerprint density at radius 2 is 1.83 bits per heavy atom. The van der Waals surface area contributed by atoms with Crippen molar-refractivity contribution in [1.82, 2.24) is 10.2 Å². The van der Waals surface area contributed by atoms with Gasteiger partial charge in [0, 0.05) is 0 Å². The van der Waals surface area contributed by atoms with Gasteiger partial charge in [-0.1, -0.05) is 13.8 Å². The number of halogens is 1. The monoisotopic (exact) mass is 360 g/mol. The van der Waals surface area contributed by atoms with Gasteiger partial charge < -0.3 is 0 Å². The number of sulfonamides is 1. The third-order valence-electron chi connectivity index (χ3n) is 3.13. The normalized spacial score (nSPS) is 13.8. The van der Waals surface area contributed by atoms with Crippen LogP contribution in [0.5, 0.6) is 0 Å². The molecule has 0 heterocycles. The van der Waals surface area contributed by atoms with Crippen molar-refractivity contribution < 1.29 is 22.4 Å². The molecule has 0 fully saturated rings. The predicted octanol–water partition coefficient (Wildman–Crippen LogP) is 2.28. The molecule has 0 aliphatic heterocycles. The summed E-state index contributed by atoms with van der Waals surface area (Å²) in [5, 5.41) is 0. The number of carbonyl (C=O) groups excluding carboxylic acids is 1. The van der Waals surface area contributed by atoms with E-state index < -0.39 is 33.4 Å². The molecule has 0 bridgehead atoms. The maximum atomic E-state index is 13.3. The summed E-state index contributed by atoms with van der Waals surface area (Å²) < 4.78 is 40.6. The van der Waals surface area contributed by atoms with Gasteiger partial charge in [-0.25, -0.2) is 18.3 Å². The summed E-state index contributed by atoms with van der Waals surface area (Å²) in [5.74, 6) is -1.40. The van der Waals surface area contributed by atoms with Crippen molar-refractivity contribution in [2.45, 2.75) is 58.1 Å². The zero-order valence-electron chi connectivity index (χ0n) is 14.8. The Morgan fingerprint density at radius 3 is 2.29 bits per heavy atom. The molecule has 1 aromatic carbocycles. The van der Waals surface area contributed by atoms with Crippen LogP contribution in [-0.2, 0) is 19.7 Å². The Morgan fingerprint density at radius 1 is 1.25 bits per heavy atom. The van der Waals surface area contributed by atoms with E-state index in [0.29, 0.717) is 0 Å². The van der Waals surface area contributed by atoms with Crippen LogP contribution in [0.25, 0.3) is 0 Å². The fourth-order valence-corrected chi connectivity index (χ4v) is 3.21. The van der Waals surface area contributed by atoms with Crippen molar-refractivity contribution in [3.8, 4) is 0 Å². The highest BCUT2D eigenvalue weighted by atomic mass is 32.2. The van der Waals surface area contributed by atoms with E-state index in [-0.39, 0.29) is 16.4 Å². The van der Waals surface area contributed by atoms with Gasteiger partial charge in [0.15, 0.2) is 0 Å². The Balaban J connectivity index is 2.98. The van der Waals surface area contributed by atoms with Crippen LogP contribution in [0.4, 0.5) is 4.39 Å².